The predicted molar refractivity (Wildman–Crippen MR) is 98.2 cm³/mol. The van der Waals surface area contributed by atoms with E-state index in [0.29, 0.717) is 27.8 Å². The Balaban J connectivity index is 2.36. The molecular formula is C18H14Cl2N2O3. The Morgan fingerprint density at radius 3 is 2.60 bits per heavy atom. The Morgan fingerprint density at radius 1 is 1.20 bits per heavy atom. The molecule has 0 aliphatic carbocycles. The van der Waals surface area contributed by atoms with Gasteiger partial charge in [-0.15, -0.1) is 0 Å². The average molecular weight is 377 g/mol. The van der Waals surface area contributed by atoms with E-state index in [9.17, 15) is 10.1 Å². The smallest absolute Gasteiger partial charge is 0.266 e. The maximum absolute atomic E-state index is 12.4. The molecule has 0 aliphatic rings. The zero-order valence-electron chi connectivity index (χ0n) is 13.5. The van der Waals surface area contributed by atoms with Gasteiger partial charge >= 0.3 is 0 Å². The van der Waals surface area contributed by atoms with Gasteiger partial charge in [0.25, 0.3) is 5.91 Å². The first-order valence-corrected chi connectivity index (χ1v) is 7.85. The highest BCUT2D eigenvalue weighted by Crippen LogP contribution is 2.30. The molecular weight excluding hydrogens is 363 g/mol. The van der Waals surface area contributed by atoms with Crippen LogP contribution in [0.2, 0.25) is 10.0 Å². The van der Waals surface area contributed by atoms with Gasteiger partial charge in [0.05, 0.1) is 30.0 Å². The molecule has 0 saturated heterocycles. The van der Waals surface area contributed by atoms with Crippen LogP contribution >= 0.6 is 23.2 Å². The number of carbonyl (C=O) groups is 1. The van der Waals surface area contributed by atoms with Gasteiger partial charge < -0.3 is 14.8 Å². The largest absolute Gasteiger partial charge is 0.497 e. The van der Waals surface area contributed by atoms with E-state index >= 15 is 0 Å². The number of methoxy groups -OCH3 is 2. The molecule has 0 bridgehead atoms. The minimum absolute atomic E-state index is 0.123. The number of carbonyl (C=O) groups excluding carboxylic acids is 1. The number of nitrogens with one attached hydrogen (secondary N) is 1. The molecule has 0 spiro atoms. The molecule has 0 fully saturated rings. The van der Waals surface area contributed by atoms with Crippen molar-refractivity contribution in [1.82, 2.24) is 0 Å². The lowest BCUT2D eigenvalue weighted by Crippen LogP contribution is -2.13. The number of nitrogens with zero attached hydrogens (tertiary/aromatic N) is 1. The Morgan fingerprint density at radius 2 is 1.96 bits per heavy atom. The third-order valence-electron chi connectivity index (χ3n) is 3.30. The number of halogens is 2. The molecule has 25 heavy (non-hydrogen) atoms. The van der Waals surface area contributed by atoms with Crippen LogP contribution < -0.4 is 14.8 Å². The lowest BCUT2D eigenvalue weighted by atomic mass is 10.1. The van der Waals surface area contributed by atoms with Crippen molar-refractivity contribution in [1.29, 1.82) is 5.26 Å². The van der Waals surface area contributed by atoms with Gasteiger partial charge in [-0.05, 0) is 36.4 Å². The number of ether oxygens (including phenoxy) is 2. The van der Waals surface area contributed by atoms with Crippen LogP contribution in [-0.4, -0.2) is 20.1 Å². The monoisotopic (exact) mass is 376 g/mol. The van der Waals surface area contributed by atoms with Crippen molar-refractivity contribution in [3.63, 3.8) is 0 Å². The van der Waals surface area contributed by atoms with Crippen LogP contribution in [0.3, 0.4) is 0 Å². The third-order valence-corrected chi connectivity index (χ3v) is 4.12. The summed E-state index contributed by atoms with van der Waals surface area (Å²) in [4.78, 5) is 12.4. The van der Waals surface area contributed by atoms with Crippen molar-refractivity contribution in [2.24, 2.45) is 0 Å². The molecule has 0 aromatic heterocycles. The lowest BCUT2D eigenvalue weighted by Gasteiger charge is -2.09. The van der Waals surface area contributed by atoms with Crippen molar-refractivity contribution < 1.29 is 14.3 Å². The minimum atomic E-state index is -0.614. The van der Waals surface area contributed by atoms with Gasteiger partial charge in [-0.2, -0.15) is 5.26 Å². The molecule has 0 heterocycles. The van der Waals surface area contributed by atoms with E-state index in [1.807, 2.05) is 6.07 Å². The van der Waals surface area contributed by atoms with Gasteiger partial charge in [0.2, 0.25) is 0 Å². The Bertz CT molecular complexity index is 873. The van der Waals surface area contributed by atoms with Crippen molar-refractivity contribution in [2.45, 2.75) is 0 Å². The third kappa shape index (κ3) is 4.44. The van der Waals surface area contributed by atoms with Crippen LogP contribution in [0.15, 0.2) is 42.0 Å². The lowest BCUT2D eigenvalue weighted by molar-refractivity contribution is -0.112. The SMILES string of the molecule is COc1ccc(OC)c(/C=C(\C#N)C(=O)Nc2cccc(Cl)c2Cl)c1. The topological polar surface area (TPSA) is 71.3 Å². The molecule has 7 heteroatoms. The number of anilines is 1. The van der Waals surface area contributed by atoms with Crippen LogP contribution in [0.5, 0.6) is 11.5 Å². The molecule has 0 unspecified atom stereocenters. The summed E-state index contributed by atoms with van der Waals surface area (Å²) in [6, 6.07) is 11.8. The highest BCUT2D eigenvalue weighted by atomic mass is 35.5. The summed E-state index contributed by atoms with van der Waals surface area (Å²) in [6.07, 6.45) is 1.41. The van der Waals surface area contributed by atoms with E-state index in [1.54, 1.807) is 36.4 Å². The molecule has 0 atom stereocenters. The summed E-state index contributed by atoms with van der Waals surface area (Å²) in [5.41, 5.74) is 0.728. The van der Waals surface area contributed by atoms with E-state index in [2.05, 4.69) is 5.32 Å². The van der Waals surface area contributed by atoms with E-state index in [1.165, 1.54) is 20.3 Å². The van der Waals surface area contributed by atoms with Crippen LogP contribution in [0.4, 0.5) is 5.69 Å². The summed E-state index contributed by atoms with van der Waals surface area (Å²) in [6.45, 7) is 0. The summed E-state index contributed by atoms with van der Waals surface area (Å²) in [7, 11) is 3.02. The van der Waals surface area contributed by atoms with Crippen molar-refractivity contribution >= 4 is 40.9 Å². The fourth-order valence-corrected chi connectivity index (χ4v) is 2.39. The van der Waals surface area contributed by atoms with Gasteiger partial charge in [0.1, 0.15) is 23.1 Å². The van der Waals surface area contributed by atoms with Gasteiger partial charge in [0.15, 0.2) is 0 Å². The Labute approximate surface area is 155 Å². The molecule has 5 nitrogen and oxygen atoms in total. The number of benzene rings is 2. The van der Waals surface area contributed by atoms with Crippen LogP contribution in [-0.2, 0) is 4.79 Å². The van der Waals surface area contributed by atoms with Gasteiger partial charge in [-0.3, -0.25) is 4.79 Å². The quantitative estimate of drug-likeness (QED) is 0.613. The molecule has 2 rings (SSSR count). The van der Waals surface area contributed by atoms with E-state index in [-0.39, 0.29) is 10.6 Å². The molecule has 2 aromatic rings. The number of hydrogen-bond acceptors (Lipinski definition) is 4. The highest BCUT2D eigenvalue weighted by molar-refractivity contribution is 6.44. The average Bonchev–Trinajstić information content (AvgIpc) is 2.63. The van der Waals surface area contributed by atoms with E-state index < -0.39 is 5.91 Å². The second-order valence-electron chi connectivity index (χ2n) is 4.83. The van der Waals surface area contributed by atoms with Crippen molar-refractivity contribution in [3.8, 4) is 17.6 Å². The maximum Gasteiger partial charge on any atom is 0.266 e. The predicted octanol–water partition coefficient (Wildman–Crippen LogP) is 4.56. The zero-order chi connectivity index (χ0) is 18.4. The number of amides is 1. The standard InChI is InChI=1S/C18H14Cl2N2O3/c1-24-13-6-7-16(25-2)11(9-13)8-12(10-21)18(23)22-15-5-3-4-14(19)17(15)20/h3-9H,1-2H3,(H,22,23)/b12-8+. The first-order valence-electron chi connectivity index (χ1n) is 7.09. The second-order valence-corrected chi connectivity index (χ2v) is 5.62. The van der Waals surface area contributed by atoms with Gasteiger partial charge in [-0.25, -0.2) is 0 Å². The number of nitriles is 1. The van der Waals surface area contributed by atoms with Crippen molar-refractivity contribution in [3.05, 3.63) is 57.6 Å². The van der Waals surface area contributed by atoms with Gasteiger partial charge in [0, 0.05) is 5.56 Å². The van der Waals surface area contributed by atoms with Crippen LogP contribution in [0.25, 0.3) is 6.08 Å². The molecule has 128 valence electrons. The first-order chi connectivity index (χ1) is 12.0. The fourth-order valence-electron chi connectivity index (χ4n) is 2.05. The van der Waals surface area contributed by atoms with E-state index in [0.717, 1.165) is 0 Å². The van der Waals surface area contributed by atoms with Crippen LogP contribution in [0, 0.1) is 11.3 Å². The van der Waals surface area contributed by atoms with Crippen LogP contribution in [0.1, 0.15) is 5.56 Å². The zero-order valence-corrected chi connectivity index (χ0v) is 15.0. The molecule has 1 amide bonds. The molecule has 1 N–H and O–H groups in total. The first kappa shape index (κ1) is 18.7. The summed E-state index contributed by atoms with van der Waals surface area (Å²) >= 11 is 12.0. The summed E-state index contributed by atoms with van der Waals surface area (Å²) < 4.78 is 10.4. The maximum atomic E-state index is 12.4. The highest BCUT2D eigenvalue weighted by Gasteiger charge is 2.14. The Hall–Kier alpha value is -2.68. The normalized spacial score (nSPS) is 10.8. The van der Waals surface area contributed by atoms with E-state index in [4.69, 9.17) is 32.7 Å². The molecule has 0 aliphatic heterocycles. The Kier molecular flexibility index (Phi) is 6.29. The fraction of sp³-hybridized carbons (Fsp3) is 0.111. The van der Waals surface area contributed by atoms with Crippen molar-refractivity contribution in [2.75, 3.05) is 19.5 Å². The molecule has 0 saturated carbocycles. The molecule has 0 radical (unpaired) electrons. The number of rotatable bonds is 5. The summed E-state index contributed by atoms with van der Waals surface area (Å²) in [5.74, 6) is 0.460. The summed E-state index contributed by atoms with van der Waals surface area (Å²) in [5, 5.41) is 12.4. The molecule has 2 aromatic carbocycles. The second kappa shape index (κ2) is 8.43. The number of hydrogen-bond donors (Lipinski definition) is 1. The van der Waals surface area contributed by atoms with Gasteiger partial charge in [-0.1, -0.05) is 29.3 Å². The minimum Gasteiger partial charge on any atom is -0.497 e.